The normalized spacial score (nSPS) is 13.4. The third kappa shape index (κ3) is 5.40. The van der Waals surface area contributed by atoms with E-state index in [1.54, 1.807) is 0 Å². The van der Waals surface area contributed by atoms with Gasteiger partial charge in [0.2, 0.25) is 0 Å². The molecule has 62 valence electrons. The van der Waals surface area contributed by atoms with E-state index >= 15 is 0 Å². The Balaban J connectivity index is 4.07. The summed E-state index contributed by atoms with van der Waals surface area (Å²) >= 11 is 0. The quantitative estimate of drug-likeness (QED) is 0.500. The predicted molar refractivity (Wildman–Crippen MR) is 45.4 cm³/mol. The minimum absolute atomic E-state index is 0.753. The molecule has 0 atom stereocenters. The molecule has 0 spiro atoms. The summed E-state index contributed by atoms with van der Waals surface area (Å²) in [6, 6.07) is 0. The third-order valence-corrected chi connectivity index (χ3v) is 1.42. The molecule has 2 heteroatoms. The fourth-order valence-electron chi connectivity index (χ4n) is 0.804. The van der Waals surface area contributed by atoms with Crippen molar-refractivity contribution < 1.29 is 9.90 Å². The molecule has 0 amide bonds. The maximum atomic E-state index is 10.2. The Kier molecular flexibility index (Phi) is 4.27. The number of carboxylic acids is 1. The maximum Gasteiger partial charge on any atom is 0.328 e. The van der Waals surface area contributed by atoms with Gasteiger partial charge in [-0.05, 0) is 27.2 Å². The van der Waals surface area contributed by atoms with Crippen LogP contribution in [-0.2, 0) is 4.79 Å². The zero-order valence-corrected chi connectivity index (χ0v) is 7.22. The highest BCUT2D eigenvalue weighted by atomic mass is 16.4. The standard InChI is InChI=1S/C9H14O2/c1-4-7(2)5-8(3)6-9(10)11/h4,6H,5H2,1-3H3,(H,10,11)/b7-4-,8-6-. The number of aliphatic carboxylic acids is 1. The summed E-state index contributed by atoms with van der Waals surface area (Å²) in [4.78, 5) is 10.2. The molecule has 0 bridgehead atoms. The lowest BCUT2D eigenvalue weighted by molar-refractivity contribution is -0.131. The lowest BCUT2D eigenvalue weighted by Gasteiger charge is -1.98. The van der Waals surface area contributed by atoms with E-state index in [1.165, 1.54) is 11.6 Å². The number of carboxylic acid groups (broad SMARTS) is 1. The van der Waals surface area contributed by atoms with Crippen LogP contribution >= 0.6 is 0 Å². The second-order valence-corrected chi connectivity index (χ2v) is 2.64. The van der Waals surface area contributed by atoms with Gasteiger partial charge in [-0.25, -0.2) is 4.79 Å². The molecule has 0 unspecified atom stereocenters. The first-order chi connectivity index (χ1) is 5.06. The molecule has 0 saturated heterocycles. The van der Waals surface area contributed by atoms with Gasteiger partial charge in [-0.15, -0.1) is 0 Å². The minimum atomic E-state index is -0.869. The van der Waals surface area contributed by atoms with Gasteiger partial charge < -0.3 is 5.11 Å². The van der Waals surface area contributed by atoms with Crippen molar-refractivity contribution >= 4 is 5.97 Å². The Morgan fingerprint density at radius 3 is 2.27 bits per heavy atom. The predicted octanol–water partition coefficient (Wildman–Crippen LogP) is 2.37. The zero-order valence-electron chi connectivity index (χ0n) is 7.22. The number of hydrogen-bond acceptors (Lipinski definition) is 1. The highest BCUT2D eigenvalue weighted by Crippen LogP contribution is 2.08. The fourth-order valence-corrected chi connectivity index (χ4v) is 0.804. The molecule has 0 rings (SSSR count). The van der Waals surface area contributed by atoms with Gasteiger partial charge in [0.15, 0.2) is 0 Å². The SMILES string of the molecule is C/C=C(/C)C/C(C)=C\C(=O)O. The molecule has 0 aromatic carbocycles. The summed E-state index contributed by atoms with van der Waals surface area (Å²) in [6.07, 6.45) is 3.98. The van der Waals surface area contributed by atoms with E-state index in [1.807, 2.05) is 26.8 Å². The molecule has 0 aliphatic heterocycles. The van der Waals surface area contributed by atoms with Gasteiger partial charge in [0.05, 0.1) is 0 Å². The number of rotatable bonds is 3. The first-order valence-electron chi connectivity index (χ1n) is 3.58. The van der Waals surface area contributed by atoms with Gasteiger partial charge in [0, 0.05) is 6.08 Å². The van der Waals surface area contributed by atoms with Crippen molar-refractivity contribution in [2.75, 3.05) is 0 Å². The molecule has 1 N–H and O–H groups in total. The minimum Gasteiger partial charge on any atom is -0.478 e. The van der Waals surface area contributed by atoms with Crippen molar-refractivity contribution in [2.24, 2.45) is 0 Å². The van der Waals surface area contributed by atoms with E-state index in [-0.39, 0.29) is 0 Å². The van der Waals surface area contributed by atoms with Gasteiger partial charge in [-0.2, -0.15) is 0 Å². The van der Waals surface area contributed by atoms with Crippen molar-refractivity contribution in [3.8, 4) is 0 Å². The second kappa shape index (κ2) is 4.72. The highest BCUT2D eigenvalue weighted by Gasteiger charge is 1.94. The molecule has 11 heavy (non-hydrogen) atoms. The van der Waals surface area contributed by atoms with Crippen LogP contribution < -0.4 is 0 Å². The Morgan fingerprint density at radius 1 is 1.36 bits per heavy atom. The molecule has 0 radical (unpaired) electrons. The summed E-state index contributed by atoms with van der Waals surface area (Å²) in [6.45, 7) is 5.75. The zero-order chi connectivity index (χ0) is 8.85. The average molecular weight is 154 g/mol. The summed E-state index contributed by atoms with van der Waals surface area (Å²) in [7, 11) is 0. The van der Waals surface area contributed by atoms with Crippen LogP contribution in [0, 0.1) is 0 Å². The largest absolute Gasteiger partial charge is 0.478 e. The van der Waals surface area contributed by atoms with Crippen molar-refractivity contribution in [1.29, 1.82) is 0 Å². The van der Waals surface area contributed by atoms with Crippen LogP contribution in [0.2, 0.25) is 0 Å². The van der Waals surface area contributed by atoms with Crippen molar-refractivity contribution in [2.45, 2.75) is 27.2 Å². The van der Waals surface area contributed by atoms with E-state index < -0.39 is 5.97 Å². The fraction of sp³-hybridized carbons (Fsp3) is 0.444. The number of hydrogen-bond donors (Lipinski definition) is 1. The summed E-state index contributed by atoms with van der Waals surface area (Å²) in [5, 5.41) is 8.37. The van der Waals surface area contributed by atoms with Crippen LogP contribution in [0.1, 0.15) is 27.2 Å². The third-order valence-electron chi connectivity index (χ3n) is 1.42. The van der Waals surface area contributed by atoms with Crippen LogP contribution in [-0.4, -0.2) is 11.1 Å². The average Bonchev–Trinajstić information content (AvgIpc) is 1.85. The summed E-state index contributed by atoms with van der Waals surface area (Å²) < 4.78 is 0. The smallest absolute Gasteiger partial charge is 0.328 e. The molecule has 0 aromatic rings. The van der Waals surface area contributed by atoms with Crippen molar-refractivity contribution in [1.82, 2.24) is 0 Å². The molecule has 0 aromatic heterocycles. The topological polar surface area (TPSA) is 37.3 Å². The molecule has 0 heterocycles. The monoisotopic (exact) mass is 154 g/mol. The van der Waals surface area contributed by atoms with Crippen LogP contribution in [0.3, 0.4) is 0 Å². The number of allylic oxidation sites excluding steroid dienone is 3. The van der Waals surface area contributed by atoms with E-state index in [2.05, 4.69) is 0 Å². The van der Waals surface area contributed by atoms with Crippen LogP contribution in [0.5, 0.6) is 0 Å². The van der Waals surface area contributed by atoms with Gasteiger partial charge >= 0.3 is 5.97 Å². The molecule has 0 aliphatic carbocycles. The Bertz CT molecular complexity index is 200. The lowest BCUT2D eigenvalue weighted by Crippen LogP contribution is -1.90. The highest BCUT2D eigenvalue weighted by molar-refractivity contribution is 5.80. The van der Waals surface area contributed by atoms with Crippen LogP contribution in [0.15, 0.2) is 23.3 Å². The Labute approximate surface area is 67.2 Å². The molecule has 0 saturated carbocycles. The van der Waals surface area contributed by atoms with Gasteiger partial charge in [0.25, 0.3) is 0 Å². The molecule has 2 nitrogen and oxygen atoms in total. The Hall–Kier alpha value is -1.05. The van der Waals surface area contributed by atoms with Crippen molar-refractivity contribution in [3.05, 3.63) is 23.3 Å². The van der Waals surface area contributed by atoms with Crippen LogP contribution in [0.4, 0.5) is 0 Å². The molecular weight excluding hydrogens is 140 g/mol. The molecule has 0 aliphatic rings. The van der Waals surface area contributed by atoms with Crippen LogP contribution in [0.25, 0.3) is 0 Å². The second-order valence-electron chi connectivity index (χ2n) is 2.64. The van der Waals surface area contributed by atoms with Gasteiger partial charge in [-0.1, -0.05) is 17.2 Å². The number of carbonyl (C=O) groups is 1. The molecule has 0 fully saturated rings. The van der Waals surface area contributed by atoms with E-state index in [4.69, 9.17) is 5.11 Å². The van der Waals surface area contributed by atoms with Gasteiger partial charge in [-0.3, -0.25) is 0 Å². The van der Waals surface area contributed by atoms with E-state index in [9.17, 15) is 4.79 Å². The summed E-state index contributed by atoms with van der Waals surface area (Å²) in [5.41, 5.74) is 2.08. The van der Waals surface area contributed by atoms with Gasteiger partial charge in [0.1, 0.15) is 0 Å². The first kappa shape index (κ1) is 9.95. The summed E-state index contributed by atoms with van der Waals surface area (Å²) in [5.74, 6) is -0.869. The van der Waals surface area contributed by atoms with E-state index in [0.29, 0.717) is 0 Å². The Morgan fingerprint density at radius 2 is 1.91 bits per heavy atom. The lowest BCUT2D eigenvalue weighted by atomic mass is 10.1. The van der Waals surface area contributed by atoms with Crippen molar-refractivity contribution in [3.63, 3.8) is 0 Å². The van der Waals surface area contributed by atoms with E-state index in [0.717, 1.165) is 12.0 Å². The first-order valence-corrected chi connectivity index (χ1v) is 3.58. The molecular formula is C9H14O2. The maximum absolute atomic E-state index is 10.2.